The lowest BCUT2D eigenvalue weighted by molar-refractivity contribution is -0.386. The molecule has 0 saturated heterocycles. The summed E-state index contributed by atoms with van der Waals surface area (Å²) in [6, 6.07) is 1.09. The summed E-state index contributed by atoms with van der Waals surface area (Å²) < 4.78 is 10.4. The zero-order valence-electron chi connectivity index (χ0n) is 9.16. The van der Waals surface area contributed by atoms with Crippen molar-refractivity contribution < 1.29 is 24.3 Å². The molecular weight excluding hydrogens is 244 g/mol. The molecular formula is C10H10N2O6. The fourth-order valence-electron chi connectivity index (χ4n) is 1.61. The van der Waals surface area contributed by atoms with Gasteiger partial charge in [-0.05, 0) is 11.6 Å². The summed E-state index contributed by atoms with van der Waals surface area (Å²) in [6.45, 7) is 0.452. The molecule has 1 aliphatic rings. The first-order valence-corrected chi connectivity index (χ1v) is 5.07. The molecule has 96 valence electrons. The van der Waals surface area contributed by atoms with Crippen LogP contribution >= 0.6 is 0 Å². The smallest absolute Gasteiger partial charge is 0.325 e. The third-order valence-electron chi connectivity index (χ3n) is 2.47. The fraction of sp³-hybridized carbons (Fsp3) is 0.300. The molecule has 0 amide bonds. The molecule has 1 unspecified atom stereocenters. The van der Waals surface area contributed by atoms with Crippen molar-refractivity contribution in [3.8, 4) is 11.5 Å². The number of nitrogens with zero attached hydrogens (tertiary/aromatic N) is 1. The highest BCUT2D eigenvalue weighted by Gasteiger charge is 2.28. The van der Waals surface area contributed by atoms with E-state index in [2.05, 4.69) is 0 Å². The minimum atomic E-state index is -1.35. The summed E-state index contributed by atoms with van der Waals surface area (Å²) in [5.41, 5.74) is 5.17. The van der Waals surface area contributed by atoms with Gasteiger partial charge in [0.2, 0.25) is 5.75 Å². The first kappa shape index (κ1) is 12.1. The topological polar surface area (TPSA) is 125 Å². The van der Waals surface area contributed by atoms with Crippen molar-refractivity contribution in [1.82, 2.24) is 0 Å². The summed E-state index contributed by atoms with van der Waals surface area (Å²) >= 11 is 0. The fourth-order valence-corrected chi connectivity index (χ4v) is 1.61. The van der Waals surface area contributed by atoms with Crippen LogP contribution in [0.25, 0.3) is 0 Å². The van der Waals surface area contributed by atoms with Crippen LogP contribution in [0.3, 0.4) is 0 Å². The van der Waals surface area contributed by atoms with Crippen molar-refractivity contribution in [2.45, 2.75) is 6.04 Å². The maximum absolute atomic E-state index is 10.9. The molecule has 1 heterocycles. The standard InChI is InChI=1S/C10H10N2O6/c11-8(10(13)14)5-3-6(12(15)16)9-7(4-5)17-1-2-18-9/h3-4,8H,1-2,11H2,(H,13,14). The molecule has 0 aliphatic carbocycles. The lowest BCUT2D eigenvalue weighted by Crippen LogP contribution is -2.22. The number of carboxylic acids is 1. The van der Waals surface area contributed by atoms with Gasteiger partial charge in [-0.15, -0.1) is 0 Å². The molecule has 0 saturated carbocycles. The van der Waals surface area contributed by atoms with Crippen molar-refractivity contribution in [3.63, 3.8) is 0 Å². The van der Waals surface area contributed by atoms with Crippen molar-refractivity contribution >= 4 is 11.7 Å². The number of hydrogen-bond acceptors (Lipinski definition) is 6. The molecule has 3 N–H and O–H groups in total. The van der Waals surface area contributed by atoms with Crippen LogP contribution in [0.2, 0.25) is 0 Å². The second kappa shape index (κ2) is 4.49. The average molecular weight is 254 g/mol. The molecule has 18 heavy (non-hydrogen) atoms. The number of aliphatic carboxylic acids is 1. The van der Waals surface area contributed by atoms with Crippen LogP contribution in [0, 0.1) is 10.1 Å². The number of ether oxygens (including phenoxy) is 2. The van der Waals surface area contributed by atoms with Crippen molar-refractivity contribution in [3.05, 3.63) is 27.8 Å². The Bertz CT molecular complexity index is 515. The molecule has 1 aromatic rings. The van der Waals surface area contributed by atoms with Crippen LogP contribution in [-0.4, -0.2) is 29.2 Å². The summed E-state index contributed by atoms with van der Waals surface area (Å²) in [5.74, 6) is -1.13. The quantitative estimate of drug-likeness (QED) is 0.592. The van der Waals surface area contributed by atoms with Crippen LogP contribution in [0.1, 0.15) is 11.6 Å². The van der Waals surface area contributed by atoms with Gasteiger partial charge in [-0.1, -0.05) is 0 Å². The molecule has 0 spiro atoms. The molecule has 0 bridgehead atoms. The maximum atomic E-state index is 10.9. The molecule has 0 radical (unpaired) electrons. The van der Waals surface area contributed by atoms with Gasteiger partial charge in [-0.2, -0.15) is 0 Å². The second-order valence-electron chi connectivity index (χ2n) is 3.64. The van der Waals surface area contributed by atoms with Crippen LogP contribution in [0.15, 0.2) is 12.1 Å². The third kappa shape index (κ3) is 2.05. The number of rotatable bonds is 3. The van der Waals surface area contributed by atoms with E-state index in [1.54, 1.807) is 0 Å². The van der Waals surface area contributed by atoms with E-state index in [0.29, 0.717) is 0 Å². The van der Waals surface area contributed by atoms with Gasteiger partial charge >= 0.3 is 11.7 Å². The Morgan fingerprint density at radius 1 is 1.44 bits per heavy atom. The van der Waals surface area contributed by atoms with Crippen LogP contribution in [0.5, 0.6) is 11.5 Å². The first-order valence-electron chi connectivity index (χ1n) is 5.07. The second-order valence-corrected chi connectivity index (χ2v) is 3.64. The number of carbonyl (C=O) groups is 1. The predicted octanol–water partition coefficient (Wildman–Crippen LogP) is 0.450. The van der Waals surface area contributed by atoms with Gasteiger partial charge in [-0.25, -0.2) is 0 Å². The molecule has 2 rings (SSSR count). The monoisotopic (exact) mass is 254 g/mol. The van der Waals surface area contributed by atoms with Gasteiger partial charge < -0.3 is 20.3 Å². The van der Waals surface area contributed by atoms with E-state index in [4.69, 9.17) is 20.3 Å². The Kier molecular flexibility index (Phi) is 3.02. The Morgan fingerprint density at radius 2 is 2.11 bits per heavy atom. The number of hydrogen-bond donors (Lipinski definition) is 2. The number of nitro groups is 1. The van der Waals surface area contributed by atoms with E-state index < -0.39 is 16.9 Å². The van der Waals surface area contributed by atoms with Gasteiger partial charge in [0.05, 0.1) is 4.92 Å². The van der Waals surface area contributed by atoms with Crippen LogP contribution in [0.4, 0.5) is 5.69 Å². The number of benzene rings is 1. The van der Waals surface area contributed by atoms with E-state index in [9.17, 15) is 14.9 Å². The molecule has 1 atom stereocenters. The number of nitrogens with two attached hydrogens (primary N) is 1. The highest BCUT2D eigenvalue weighted by molar-refractivity contribution is 5.76. The SMILES string of the molecule is NC(C(=O)O)c1cc2c(c([N+](=O)[O-])c1)OCCO2. The first-order chi connectivity index (χ1) is 8.50. The number of fused-ring (bicyclic) bond motifs is 1. The zero-order valence-corrected chi connectivity index (χ0v) is 9.16. The largest absolute Gasteiger partial charge is 0.486 e. The summed E-state index contributed by atoms with van der Waals surface area (Å²) in [7, 11) is 0. The van der Waals surface area contributed by atoms with E-state index in [1.165, 1.54) is 6.07 Å². The third-order valence-corrected chi connectivity index (χ3v) is 2.47. The van der Waals surface area contributed by atoms with Gasteiger partial charge in [0.1, 0.15) is 19.3 Å². The van der Waals surface area contributed by atoms with E-state index in [1.807, 2.05) is 0 Å². The normalized spacial score (nSPS) is 14.9. The van der Waals surface area contributed by atoms with Gasteiger partial charge in [0, 0.05) is 6.07 Å². The number of carboxylic acid groups (broad SMARTS) is 1. The van der Waals surface area contributed by atoms with Gasteiger partial charge in [-0.3, -0.25) is 14.9 Å². The van der Waals surface area contributed by atoms with Crippen LogP contribution < -0.4 is 15.2 Å². The van der Waals surface area contributed by atoms with Crippen molar-refractivity contribution in [2.24, 2.45) is 5.73 Å². The molecule has 0 aromatic heterocycles. The highest BCUT2D eigenvalue weighted by atomic mass is 16.6. The van der Waals surface area contributed by atoms with Crippen molar-refractivity contribution in [2.75, 3.05) is 13.2 Å². The maximum Gasteiger partial charge on any atom is 0.325 e. The molecule has 8 nitrogen and oxygen atoms in total. The molecule has 0 fully saturated rings. The Balaban J connectivity index is 2.54. The zero-order chi connectivity index (χ0) is 13.3. The van der Waals surface area contributed by atoms with Crippen molar-refractivity contribution in [1.29, 1.82) is 0 Å². The summed E-state index contributed by atoms with van der Waals surface area (Å²) in [5, 5.41) is 19.7. The molecule has 1 aromatic carbocycles. The Labute approximate surface area is 101 Å². The highest BCUT2D eigenvalue weighted by Crippen LogP contribution is 2.41. The van der Waals surface area contributed by atoms with E-state index >= 15 is 0 Å². The molecule has 1 aliphatic heterocycles. The predicted molar refractivity (Wildman–Crippen MR) is 58.7 cm³/mol. The summed E-state index contributed by atoms with van der Waals surface area (Å²) in [6.07, 6.45) is 0. The Morgan fingerprint density at radius 3 is 2.72 bits per heavy atom. The minimum Gasteiger partial charge on any atom is -0.486 e. The number of nitro benzene ring substituents is 1. The lowest BCUT2D eigenvalue weighted by Gasteiger charge is -2.19. The van der Waals surface area contributed by atoms with E-state index in [0.717, 1.165) is 6.07 Å². The Hall–Kier alpha value is -2.35. The van der Waals surface area contributed by atoms with E-state index in [-0.39, 0.29) is 36.0 Å². The van der Waals surface area contributed by atoms with Gasteiger partial charge in [0.15, 0.2) is 5.75 Å². The summed E-state index contributed by atoms with van der Waals surface area (Å²) in [4.78, 5) is 21.0. The minimum absolute atomic E-state index is 0.00703. The average Bonchev–Trinajstić information content (AvgIpc) is 2.36. The molecule has 8 heteroatoms. The van der Waals surface area contributed by atoms with Gasteiger partial charge in [0.25, 0.3) is 0 Å². The van der Waals surface area contributed by atoms with Crippen LogP contribution in [-0.2, 0) is 4.79 Å². The lowest BCUT2D eigenvalue weighted by atomic mass is 10.1.